The molecule has 1 heterocycles. The molecular formula is C13H18N4S. The molecule has 0 aliphatic carbocycles. The summed E-state index contributed by atoms with van der Waals surface area (Å²) in [5, 5.41) is 4.21. The number of aromatic nitrogens is 2. The Morgan fingerprint density at radius 2 is 2.11 bits per heavy atom. The summed E-state index contributed by atoms with van der Waals surface area (Å²) >= 11 is 1.40. The third-order valence-electron chi connectivity index (χ3n) is 2.72. The van der Waals surface area contributed by atoms with Gasteiger partial charge >= 0.3 is 0 Å². The van der Waals surface area contributed by atoms with Gasteiger partial charge in [0, 0.05) is 30.5 Å². The molecule has 0 amide bonds. The van der Waals surface area contributed by atoms with Crippen LogP contribution in [0.3, 0.4) is 0 Å². The fourth-order valence-electron chi connectivity index (χ4n) is 1.72. The normalized spacial score (nSPS) is 12.3. The van der Waals surface area contributed by atoms with E-state index in [1.807, 2.05) is 18.2 Å². The number of nitrogens with two attached hydrogens (primary N) is 1. The van der Waals surface area contributed by atoms with E-state index in [2.05, 4.69) is 33.7 Å². The minimum Gasteiger partial charge on any atom is -0.356 e. The molecule has 2 rings (SSSR count). The van der Waals surface area contributed by atoms with Crippen LogP contribution >= 0.6 is 11.5 Å². The predicted molar refractivity (Wildman–Crippen MR) is 75.9 cm³/mol. The van der Waals surface area contributed by atoms with Crippen molar-refractivity contribution in [2.75, 3.05) is 11.9 Å². The van der Waals surface area contributed by atoms with Crippen LogP contribution < -0.4 is 11.1 Å². The van der Waals surface area contributed by atoms with Gasteiger partial charge in [-0.05, 0) is 12.0 Å². The Labute approximate surface area is 111 Å². The van der Waals surface area contributed by atoms with E-state index in [-0.39, 0.29) is 6.04 Å². The third-order valence-corrected chi connectivity index (χ3v) is 3.41. The minimum atomic E-state index is 0.199. The van der Waals surface area contributed by atoms with E-state index in [4.69, 9.17) is 5.73 Å². The highest BCUT2D eigenvalue weighted by Gasteiger charge is 2.10. The maximum atomic E-state index is 5.80. The van der Waals surface area contributed by atoms with Crippen LogP contribution in [0.25, 0.3) is 0 Å². The van der Waals surface area contributed by atoms with Crippen molar-refractivity contribution >= 4 is 16.7 Å². The molecular weight excluding hydrogens is 244 g/mol. The Hall–Kier alpha value is -1.46. The highest BCUT2D eigenvalue weighted by Crippen LogP contribution is 2.14. The van der Waals surface area contributed by atoms with Crippen LogP contribution in [0.15, 0.2) is 30.3 Å². The van der Waals surface area contributed by atoms with Crippen molar-refractivity contribution < 1.29 is 0 Å². The molecule has 0 radical (unpaired) electrons. The fourth-order valence-corrected chi connectivity index (χ4v) is 2.45. The summed E-state index contributed by atoms with van der Waals surface area (Å²) in [4.78, 5) is 4.40. The standard InChI is InChI=1S/C13H18N4S/c1-2-12-16-13(18-17-12)15-11(9-14)8-10-6-4-3-5-7-10/h3-7,11H,2,8-9,14H2,1H3,(H,15,16,17). The molecule has 2 aromatic rings. The number of nitrogens with one attached hydrogen (secondary N) is 1. The average Bonchev–Trinajstić information content (AvgIpc) is 2.87. The summed E-state index contributed by atoms with van der Waals surface area (Å²) in [6.45, 7) is 2.63. The van der Waals surface area contributed by atoms with Crippen molar-refractivity contribution in [3.63, 3.8) is 0 Å². The van der Waals surface area contributed by atoms with Gasteiger partial charge in [0.15, 0.2) is 0 Å². The molecule has 3 N–H and O–H groups in total. The summed E-state index contributed by atoms with van der Waals surface area (Å²) < 4.78 is 4.26. The van der Waals surface area contributed by atoms with E-state index in [0.717, 1.165) is 23.8 Å². The molecule has 1 unspecified atom stereocenters. The highest BCUT2D eigenvalue weighted by atomic mass is 32.1. The minimum absolute atomic E-state index is 0.199. The number of hydrogen-bond donors (Lipinski definition) is 2. The zero-order valence-corrected chi connectivity index (χ0v) is 11.3. The second kappa shape index (κ2) is 6.47. The van der Waals surface area contributed by atoms with E-state index in [1.165, 1.54) is 17.1 Å². The molecule has 0 bridgehead atoms. The molecule has 0 fully saturated rings. The molecule has 1 atom stereocenters. The van der Waals surface area contributed by atoms with Gasteiger partial charge in [-0.2, -0.15) is 4.37 Å². The van der Waals surface area contributed by atoms with Crippen molar-refractivity contribution in [3.8, 4) is 0 Å². The molecule has 0 spiro atoms. The van der Waals surface area contributed by atoms with Gasteiger partial charge in [-0.3, -0.25) is 0 Å². The van der Waals surface area contributed by atoms with Gasteiger partial charge in [-0.15, -0.1) is 0 Å². The molecule has 0 saturated heterocycles. The summed E-state index contributed by atoms with van der Waals surface area (Å²) in [5.41, 5.74) is 7.08. The summed E-state index contributed by atoms with van der Waals surface area (Å²) in [6, 6.07) is 10.5. The number of benzene rings is 1. The van der Waals surface area contributed by atoms with Gasteiger partial charge < -0.3 is 11.1 Å². The molecule has 18 heavy (non-hydrogen) atoms. The Balaban J connectivity index is 1.97. The molecule has 0 saturated carbocycles. The molecule has 0 aliphatic rings. The van der Waals surface area contributed by atoms with Gasteiger partial charge in [-0.1, -0.05) is 37.3 Å². The first-order chi connectivity index (χ1) is 8.81. The predicted octanol–water partition coefficient (Wildman–Crippen LogP) is 2.08. The topological polar surface area (TPSA) is 63.8 Å². The van der Waals surface area contributed by atoms with Crippen LogP contribution in [0, 0.1) is 0 Å². The van der Waals surface area contributed by atoms with Gasteiger partial charge in [-0.25, -0.2) is 4.98 Å². The van der Waals surface area contributed by atoms with E-state index >= 15 is 0 Å². The second-order valence-corrected chi connectivity index (χ2v) is 4.89. The number of anilines is 1. The maximum Gasteiger partial charge on any atom is 0.202 e. The fraction of sp³-hybridized carbons (Fsp3) is 0.385. The number of hydrogen-bond acceptors (Lipinski definition) is 5. The lowest BCUT2D eigenvalue weighted by molar-refractivity contribution is 0.722. The summed E-state index contributed by atoms with van der Waals surface area (Å²) in [6.07, 6.45) is 1.77. The number of nitrogens with zero attached hydrogens (tertiary/aromatic N) is 2. The SMILES string of the molecule is CCc1nsc(NC(CN)Cc2ccccc2)n1. The monoisotopic (exact) mass is 262 g/mol. The molecule has 4 nitrogen and oxygen atoms in total. The van der Waals surface area contributed by atoms with Crippen molar-refractivity contribution in [3.05, 3.63) is 41.7 Å². The number of rotatable bonds is 6. The Kier molecular flexibility index (Phi) is 4.66. The summed E-state index contributed by atoms with van der Waals surface area (Å²) in [7, 11) is 0. The smallest absolute Gasteiger partial charge is 0.202 e. The first-order valence-electron chi connectivity index (χ1n) is 6.15. The largest absolute Gasteiger partial charge is 0.356 e. The molecule has 5 heteroatoms. The lowest BCUT2D eigenvalue weighted by Gasteiger charge is -2.15. The lowest BCUT2D eigenvalue weighted by atomic mass is 10.1. The maximum absolute atomic E-state index is 5.80. The quantitative estimate of drug-likeness (QED) is 0.836. The van der Waals surface area contributed by atoms with E-state index in [0.29, 0.717) is 6.54 Å². The van der Waals surface area contributed by atoms with Crippen LogP contribution in [-0.2, 0) is 12.8 Å². The molecule has 0 aliphatic heterocycles. The van der Waals surface area contributed by atoms with Crippen molar-refractivity contribution in [2.24, 2.45) is 5.73 Å². The number of aryl methyl sites for hydroxylation is 1. The van der Waals surface area contributed by atoms with Gasteiger partial charge in [0.2, 0.25) is 5.13 Å². The Morgan fingerprint density at radius 1 is 1.33 bits per heavy atom. The van der Waals surface area contributed by atoms with E-state index in [9.17, 15) is 0 Å². The van der Waals surface area contributed by atoms with Crippen LogP contribution in [-0.4, -0.2) is 21.9 Å². The third kappa shape index (κ3) is 3.51. The first-order valence-corrected chi connectivity index (χ1v) is 6.92. The molecule has 96 valence electrons. The zero-order chi connectivity index (χ0) is 12.8. The zero-order valence-electron chi connectivity index (χ0n) is 10.5. The highest BCUT2D eigenvalue weighted by molar-refractivity contribution is 7.09. The molecule has 1 aromatic heterocycles. The van der Waals surface area contributed by atoms with E-state index in [1.54, 1.807) is 0 Å². The van der Waals surface area contributed by atoms with Crippen LogP contribution in [0.2, 0.25) is 0 Å². The average molecular weight is 262 g/mol. The second-order valence-electron chi connectivity index (χ2n) is 4.14. The van der Waals surface area contributed by atoms with Gasteiger partial charge in [0.25, 0.3) is 0 Å². The van der Waals surface area contributed by atoms with Crippen LogP contribution in [0.4, 0.5) is 5.13 Å². The van der Waals surface area contributed by atoms with Crippen molar-refractivity contribution in [2.45, 2.75) is 25.8 Å². The Bertz CT molecular complexity index is 469. The van der Waals surface area contributed by atoms with Crippen LogP contribution in [0.1, 0.15) is 18.3 Å². The van der Waals surface area contributed by atoms with Gasteiger partial charge in [0.05, 0.1) is 0 Å². The van der Waals surface area contributed by atoms with Crippen LogP contribution in [0.5, 0.6) is 0 Å². The Morgan fingerprint density at radius 3 is 2.72 bits per heavy atom. The van der Waals surface area contributed by atoms with Gasteiger partial charge in [0.1, 0.15) is 5.82 Å². The lowest BCUT2D eigenvalue weighted by Crippen LogP contribution is -2.30. The summed E-state index contributed by atoms with van der Waals surface area (Å²) in [5.74, 6) is 0.887. The molecule has 1 aromatic carbocycles. The van der Waals surface area contributed by atoms with Crippen molar-refractivity contribution in [1.82, 2.24) is 9.36 Å². The first kappa shape index (κ1) is 13.0. The van der Waals surface area contributed by atoms with Crippen molar-refractivity contribution in [1.29, 1.82) is 0 Å². The van der Waals surface area contributed by atoms with E-state index < -0.39 is 0 Å².